The molecule has 0 spiro atoms. The van der Waals surface area contributed by atoms with Gasteiger partial charge in [0.25, 0.3) is 5.24 Å². The van der Waals surface area contributed by atoms with Crippen LogP contribution in [0.4, 0.5) is 0 Å². The standard InChI is InChI=1S/C8H7ClO.C4H11N.ClH/c1-6-2-4-7(5-3-6)8(9)10;1-3-5-4-2;/h2-5H,1H3;5H,3-4H2,1-2H3;1H. The molecule has 0 aliphatic rings. The molecule has 1 aromatic rings. The van der Waals surface area contributed by atoms with Crippen molar-refractivity contribution in [3.05, 3.63) is 35.4 Å². The van der Waals surface area contributed by atoms with Crippen molar-refractivity contribution >= 4 is 29.3 Å². The Morgan fingerprint density at radius 2 is 1.62 bits per heavy atom. The number of benzene rings is 1. The largest absolute Gasteiger partial charge is 0.317 e. The molecule has 0 amide bonds. The topological polar surface area (TPSA) is 29.1 Å². The van der Waals surface area contributed by atoms with Crippen LogP contribution in [0.3, 0.4) is 0 Å². The van der Waals surface area contributed by atoms with Crippen LogP contribution < -0.4 is 5.32 Å². The highest BCUT2D eigenvalue weighted by molar-refractivity contribution is 6.67. The maximum absolute atomic E-state index is 10.5. The van der Waals surface area contributed by atoms with Gasteiger partial charge in [0.1, 0.15) is 0 Å². The number of aryl methyl sites for hydroxylation is 1. The minimum atomic E-state index is -0.403. The average Bonchev–Trinajstić information content (AvgIpc) is 2.20. The van der Waals surface area contributed by atoms with Gasteiger partial charge in [-0.2, -0.15) is 0 Å². The average molecular weight is 264 g/mol. The summed E-state index contributed by atoms with van der Waals surface area (Å²) in [5.41, 5.74) is 1.67. The van der Waals surface area contributed by atoms with Gasteiger partial charge in [-0.1, -0.05) is 31.5 Å². The predicted octanol–water partition coefficient (Wildman–Crippen LogP) is 3.41. The van der Waals surface area contributed by atoms with Crippen molar-refractivity contribution in [3.8, 4) is 0 Å². The Bertz CT molecular complexity index is 284. The van der Waals surface area contributed by atoms with Crippen LogP contribution in [0.5, 0.6) is 0 Å². The fraction of sp³-hybridized carbons (Fsp3) is 0.417. The van der Waals surface area contributed by atoms with E-state index in [9.17, 15) is 4.79 Å². The lowest BCUT2D eigenvalue weighted by molar-refractivity contribution is 0.108. The normalized spacial score (nSPS) is 8.50. The molecule has 0 heterocycles. The van der Waals surface area contributed by atoms with Gasteiger partial charge >= 0.3 is 0 Å². The molecule has 1 rings (SSSR count). The summed E-state index contributed by atoms with van der Waals surface area (Å²) in [7, 11) is 0. The summed E-state index contributed by atoms with van der Waals surface area (Å²) in [6.45, 7) is 8.35. The number of halogens is 2. The van der Waals surface area contributed by atoms with E-state index in [2.05, 4.69) is 19.2 Å². The van der Waals surface area contributed by atoms with Crippen LogP contribution in [-0.4, -0.2) is 18.3 Å². The molecule has 0 aliphatic carbocycles. The molecule has 0 bridgehead atoms. The Balaban J connectivity index is 0. The molecule has 1 aromatic carbocycles. The maximum Gasteiger partial charge on any atom is 0.252 e. The van der Waals surface area contributed by atoms with Crippen molar-refractivity contribution in [1.82, 2.24) is 5.32 Å². The van der Waals surface area contributed by atoms with E-state index in [1.165, 1.54) is 0 Å². The second kappa shape index (κ2) is 10.9. The van der Waals surface area contributed by atoms with Crippen molar-refractivity contribution in [2.45, 2.75) is 20.8 Å². The Labute approximate surface area is 109 Å². The Morgan fingerprint density at radius 3 is 1.88 bits per heavy atom. The van der Waals surface area contributed by atoms with Crippen LogP contribution in [0, 0.1) is 6.92 Å². The fourth-order valence-corrected chi connectivity index (χ4v) is 1.06. The van der Waals surface area contributed by atoms with Crippen molar-refractivity contribution in [1.29, 1.82) is 0 Å². The molecular weight excluding hydrogens is 245 g/mol. The summed E-state index contributed by atoms with van der Waals surface area (Å²) in [6, 6.07) is 7.14. The molecule has 92 valence electrons. The van der Waals surface area contributed by atoms with Gasteiger partial charge in [-0.05, 0) is 43.7 Å². The number of carbonyl (C=O) groups is 1. The van der Waals surface area contributed by atoms with E-state index in [1.807, 2.05) is 19.1 Å². The first kappa shape index (κ1) is 17.8. The van der Waals surface area contributed by atoms with Crippen molar-refractivity contribution < 1.29 is 4.79 Å². The van der Waals surface area contributed by atoms with Gasteiger partial charge in [-0.15, -0.1) is 12.4 Å². The Kier molecular flexibility index (Phi) is 12.2. The summed E-state index contributed by atoms with van der Waals surface area (Å²) in [5.74, 6) is 0. The van der Waals surface area contributed by atoms with Crippen molar-refractivity contribution in [3.63, 3.8) is 0 Å². The molecule has 2 nitrogen and oxygen atoms in total. The predicted molar refractivity (Wildman–Crippen MR) is 72.8 cm³/mol. The number of hydrogen-bond donors (Lipinski definition) is 1. The SMILES string of the molecule is CCNCC.Cc1ccc(C(=O)Cl)cc1.Cl. The van der Waals surface area contributed by atoms with E-state index in [-0.39, 0.29) is 12.4 Å². The van der Waals surface area contributed by atoms with Gasteiger partial charge in [0.05, 0.1) is 0 Å². The van der Waals surface area contributed by atoms with Crippen LogP contribution >= 0.6 is 24.0 Å². The van der Waals surface area contributed by atoms with Gasteiger partial charge in [-0.25, -0.2) is 0 Å². The zero-order valence-electron chi connectivity index (χ0n) is 9.92. The second-order valence-electron chi connectivity index (χ2n) is 3.10. The smallest absolute Gasteiger partial charge is 0.252 e. The lowest BCUT2D eigenvalue weighted by Gasteiger charge is -1.92. The molecule has 0 saturated heterocycles. The molecule has 0 fully saturated rings. The monoisotopic (exact) mass is 263 g/mol. The van der Waals surface area contributed by atoms with E-state index in [4.69, 9.17) is 11.6 Å². The van der Waals surface area contributed by atoms with Gasteiger partial charge in [0.15, 0.2) is 0 Å². The third-order valence-electron chi connectivity index (χ3n) is 1.78. The lowest BCUT2D eigenvalue weighted by Crippen LogP contribution is -2.09. The first-order chi connectivity index (χ1) is 7.11. The van der Waals surface area contributed by atoms with Crippen LogP contribution in [0.1, 0.15) is 29.8 Å². The van der Waals surface area contributed by atoms with Gasteiger partial charge in [0.2, 0.25) is 0 Å². The molecular formula is C12H19Cl2NO. The van der Waals surface area contributed by atoms with E-state index < -0.39 is 5.24 Å². The summed E-state index contributed by atoms with van der Waals surface area (Å²) in [4.78, 5) is 10.5. The zero-order chi connectivity index (χ0) is 11.7. The van der Waals surface area contributed by atoms with E-state index in [1.54, 1.807) is 12.1 Å². The van der Waals surface area contributed by atoms with Gasteiger partial charge < -0.3 is 5.32 Å². The molecule has 1 N–H and O–H groups in total. The fourth-order valence-electron chi connectivity index (χ4n) is 0.935. The quantitative estimate of drug-likeness (QED) is 0.847. The number of hydrogen-bond acceptors (Lipinski definition) is 2. The lowest BCUT2D eigenvalue weighted by atomic mass is 10.2. The van der Waals surface area contributed by atoms with Crippen LogP contribution in [0.2, 0.25) is 0 Å². The van der Waals surface area contributed by atoms with Crippen LogP contribution in [-0.2, 0) is 0 Å². The molecule has 0 unspecified atom stereocenters. The first-order valence-corrected chi connectivity index (χ1v) is 5.46. The number of rotatable bonds is 3. The van der Waals surface area contributed by atoms with Crippen LogP contribution in [0.25, 0.3) is 0 Å². The summed E-state index contributed by atoms with van der Waals surface area (Å²) in [6.07, 6.45) is 0. The third-order valence-corrected chi connectivity index (χ3v) is 2.00. The molecule has 0 aliphatic heterocycles. The van der Waals surface area contributed by atoms with Crippen molar-refractivity contribution in [2.75, 3.05) is 13.1 Å². The van der Waals surface area contributed by atoms with Crippen LogP contribution in [0.15, 0.2) is 24.3 Å². The summed E-state index contributed by atoms with van der Waals surface area (Å²) >= 11 is 5.22. The Morgan fingerprint density at radius 1 is 1.19 bits per heavy atom. The second-order valence-corrected chi connectivity index (χ2v) is 3.44. The minimum absolute atomic E-state index is 0. The van der Waals surface area contributed by atoms with Crippen molar-refractivity contribution in [2.24, 2.45) is 0 Å². The summed E-state index contributed by atoms with van der Waals surface area (Å²) in [5, 5.41) is 2.71. The molecule has 0 aromatic heterocycles. The molecule has 0 atom stereocenters. The van der Waals surface area contributed by atoms with Gasteiger partial charge in [-0.3, -0.25) is 4.79 Å². The molecule has 16 heavy (non-hydrogen) atoms. The molecule has 0 saturated carbocycles. The highest BCUT2D eigenvalue weighted by atomic mass is 35.5. The molecule has 0 radical (unpaired) electrons. The first-order valence-electron chi connectivity index (χ1n) is 5.09. The number of nitrogens with one attached hydrogen (secondary N) is 1. The van der Waals surface area contributed by atoms with E-state index in [0.717, 1.165) is 18.7 Å². The molecule has 4 heteroatoms. The van der Waals surface area contributed by atoms with E-state index in [0.29, 0.717) is 5.56 Å². The van der Waals surface area contributed by atoms with Gasteiger partial charge in [0, 0.05) is 5.56 Å². The highest BCUT2D eigenvalue weighted by Gasteiger charge is 1.97. The zero-order valence-corrected chi connectivity index (χ0v) is 11.5. The number of carbonyl (C=O) groups excluding carboxylic acids is 1. The maximum atomic E-state index is 10.5. The summed E-state index contributed by atoms with van der Waals surface area (Å²) < 4.78 is 0. The van der Waals surface area contributed by atoms with E-state index >= 15 is 0 Å². The minimum Gasteiger partial charge on any atom is -0.317 e. The Hall–Kier alpha value is -0.570. The third kappa shape index (κ3) is 8.72. The highest BCUT2D eigenvalue weighted by Crippen LogP contribution is 2.05.